The Balaban J connectivity index is 1.53. The Kier molecular flexibility index (Phi) is 6.45. The number of piperazine rings is 1. The maximum atomic E-state index is 12.9. The largest absolute Gasteiger partial charge is 0.378 e. The van der Waals surface area contributed by atoms with E-state index >= 15 is 0 Å². The molecule has 7 nitrogen and oxygen atoms in total. The molecule has 2 aromatic rings. The number of nitrogens with zero attached hydrogens (tertiary/aromatic N) is 2. The summed E-state index contributed by atoms with van der Waals surface area (Å²) in [5, 5.41) is 9.98. The van der Waals surface area contributed by atoms with E-state index in [9.17, 15) is 9.59 Å². The van der Waals surface area contributed by atoms with Crippen molar-refractivity contribution >= 4 is 28.9 Å². The van der Waals surface area contributed by atoms with Crippen LogP contribution in [0.1, 0.15) is 55.6 Å². The fraction of sp³-hybridized carbons (Fsp3) is 0.500. The Morgan fingerprint density at radius 1 is 1.06 bits per heavy atom. The number of nitrogens with one attached hydrogen (secondary N) is 3. The number of anilines is 3. The van der Waals surface area contributed by atoms with Crippen LogP contribution in [0, 0.1) is 11.8 Å². The van der Waals surface area contributed by atoms with Crippen LogP contribution >= 0.6 is 0 Å². The highest BCUT2D eigenvalue weighted by Gasteiger charge is 2.47. The molecule has 2 heterocycles. The number of amides is 2. The summed E-state index contributed by atoms with van der Waals surface area (Å²) in [5.74, 6) is 0.825. The van der Waals surface area contributed by atoms with E-state index in [-0.39, 0.29) is 29.8 Å². The van der Waals surface area contributed by atoms with Gasteiger partial charge in [0.15, 0.2) is 0 Å². The van der Waals surface area contributed by atoms with Crippen molar-refractivity contribution in [2.24, 2.45) is 11.8 Å². The molecule has 7 heteroatoms. The standard InChI is InChI=1S/C28H37N5O2/c1-17-16-32(14-13-30-17)23-11-12-25-24(15-23)26(18(2)27(20-5-6-20)33(25)19(3)34)31-22-9-7-21(8-10-22)28(35)29-4/h7-12,15,17-18,20,26-27,30-31H,5-6,13-14,16H2,1-4H3,(H,29,35)/t17-,18?,26?,27+/m0/s1. The Morgan fingerprint density at radius 2 is 1.80 bits per heavy atom. The minimum atomic E-state index is -0.0891. The van der Waals surface area contributed by atoms with E-state index in [0.29, 0.717) is 17.5 Å². The third-order valence-corrected chi connectivity index (χ3v) is 7.84. The average molecular weight is 476 g/mol. The number of fused-ring (bicyclic) bond motifs is 1. The second-order valence-corrected chi connectivity index (χ2v) is 10.4. The lowest BCUT2D eigenvalue weighted by Gasteiger charge is -2.46. The van der Waals surface area contributed by atoms with Crippen LogP contribution in [-0.4, -0.2) is 50.6 Å². The molecule has 2 unspecified atom stereocenters. The summed E-state index contributed by atoms with van der Waals surface area (Å²) in [7, 11) is 1.64. The van der Waals surface area contributed by atoms with Crippen LogP contribution in [0.5, 0.6) is 0 Å². The first-order chi connectivity index (χ1) is 16.9. The van der Waals surface area contributed by atoms with Gasteiger partial charge >= 0.3 is 0 Å². The third-order valence-electron chi connectivity index (χ3n) is 7.84. The summed E-state index contributed by atoms with van der Waals surface area (Å²) in [6.45, 7) is 9.10. The van der Waals surface area contributed by atoms with Crippen molar-refractivity contribution in [1.82, 2.24) is 10.6 Å². The fourth-order valence-corrected chi connectivity index (χ4v) is 5.96. The Labute approximate surface area is 208 Å². The van der Waals surface area contributed by atoms with Gasteiger partial charge in [-0.25, -0.2) is 0 Å². The maximum absolute atomic E-state index is 12.9. The molecule has 2 aromatic carbocycles. The minimum Gasteiger partial charge on any atom is -0.378 e. The highest BCUT2D eigenvalue weighted by Crippen LogP contribution is 2.50. The van der Waals surface area contributed by atoms with Gasteiger partial charge in [-0.05, 0) is 68.1 Å². The molecule has 0 bridgehead atoms. The van der Waals surface area contributed by atoms with E-state index in [1.54, 1.807) is 14.0 Å². The molecule has 2 aliphatic heterocycles. The molecule has 1 saturated heterocycles. The van der Waals surface area contributed by atoms with Gasteiger partial charge in [0.1, 0.15) is 0 Å². The Hall–Kier alpha value is -3.06. The second-order valence-electron chi connectivity index (χ2n) is 10.4. The zero-order valence-corrected chi connectivity index (χ0v) is 21.2. The van der Waals surface area contributed by atoms with Crippen LogP contribution in [0.3, 0.4) is 0 Å². The van der Waals surface area contributed by atoms with Crippen molar-refractivity contribution < 1.29 is 9.59 Å². The summed E-state index contributed by atoms with van der Waals surface area (Å²) >= 11 is 0. The molecular formula is C28H37N5O2. The van der Waals surface area contributed by atoms with Crippen molar-refractivity contribution in [3.05, 3.63) is 53.6 Å². The van der Waals surface area contributed by atoms with Gasteiger partial charge in [0.25, 0.3) is 5.91 Å². The molecule has 4 atom stereocenters. The predicted octanol–water partition coefficient (Wildman–Crippen LogP) is 3.78. The molecule has 3 aliphatic rings. The number of carbonyl (C=O) groups is 2. The summed E-state index contributed by atoms with van der Waals surface area (Å²) in [4.78, 5) is 29.4. The van der Waals surface area contributed by atoms with Gasteiger partial charge in [0.2, 0.25) is 5.91 Å². The molecule has 0 aromatic heterocycles. The zero-order chi connectivity index (χ0) is 24.7. The molecule has 2 fully saturated rings. The van der Waals surface area contributed by atoms with Crippen molar-refractivity contribution in [2.45, 2.75) is 51.7 Å². The first-order valence-electron chi connectivity index (χ1n) is 12.9. The van der Waals surface area contributed by atoms with Gasteiger partial charge < -0.3 is 25.8 Å². The van der Waals surface area contributed by atoms with Gasteiger partial charge in [-0.15, -0.1) is 0 Å². The second kappa shape index (κ2) is 9.53. The maximum Gasteiger partial charge on any atom is 0.251 e. The van der Waals surface area contributed by atoms with Gasteiger partial charge in [-0.2, -0.15) is 0 Å². The topological polar surface area (TPSA) is 76.7 Å². The lowest BCUT2D eigenvalue weighted by Crippen LogP contribution is -2.51. The Morgan fingerprint density at radius 3 is 2.43 bits per heavy atom. The van der Waals surface area contributed by atoms with Gasteiger partial charge in [0.05, 0.1) is 6.04 Å². The lowest BCUT2D eigenvalue weighted by molar-refractivity contribution is -0.117. The van der Waals surface area contributed by atoms with E-state index in [2.05, 4.69) is 57.8 Å². The molecule has 1 aliphatic carbocycles. The van der Waals surface area contributed by atoms with Gasteiger partial charge in [-0.3, -0.25) is 9.59 Å². The number of carbonyl (C=O) groups excluding carboxylic acids is 2. The smallest absolute Gasteiger partial charge is 0.251 e. The van der Waals surface area contributed by atoms with Crippen LogP contribution in [0.4, 0.5) is 17.1 Å². The van der Waals surface area contributed by atoms with Crippen molar-refractivity contribution in [3.8, 4) is 0 Å². The Bertz CT molecular complexity index is 1100. The van der Waals surface area contributed by atoms with E-state index < -0.39 is 0 Å². The quantitative estimate of drug-likeness (QED) is 0.614. The van der Waals surface area contributed by atoms with Crippen molar-refractivity contribution in [3.63, 3.8) is 0 Å². The van der Waals surface area contributed by atoms with Crippen LogP contribution in [0.15, 0.2) is 42.5 Å². The summed E-state index contributed by atoms with van der Waals surface area (Å²) in [6, 6.07) is 15.0. The summed E-state index contributed by atoms with van der Waals surface area (Å²) in [5.41, 5.74) is 5.03. The number of rotatable bonds is 5. The number of benzene rings is 2. The molecule has 0 radical (unpaired) electrons. The number of hydrogen-bond donors (Lipinski definition) is 3. The lowest BCUT2D eigenvalue weighted by atomic mass is 9.79. The van der Waals surface area contributed by atoms with Crippen molar-refractivity contribution in [2.75, 3.05) is 41.8 Å². The van der Waals surface area contributed by atoms with Crippen LogP contribution in [0.2, 0.25) is 0 Å². The average Bonchev–Trinajstić information content (AvgIpc) is 3.70. The molecule has 0 spiro atoms. The van der Waals surface area contributed by atoms with Gasteiger partial charge in [0, 0.05) is 79.8 Å². The monoisotopic (exact) mass is 475 g/mol. The van der Waals surface area contributed by atoms with E-state index in [1.165, 1.54) is 24.1 Å². The van der Waals surface area contributed by atoms with Gasteiger partial charge in [-0.1, -0.05) is 6.92 Å². The molecule has 5 rings (SSSR count). The summed E-state index contributed by atoms with van der Waals surface area (Å²) in [6.07, 6.45) is 2.36. The SMILES string of the molecule is CNC(=O)c1ccc(NC2c3cc(N4CCN[C@@H](C)C4)ccc3N(C(C)=O)[C@@H](C3CC3)C2C)cc1. The molecule has 2 amide bonds. The molecular weight excluding hydrogens is 438 g/mol. The molecule has 35 heavy (non-hydrogen) atoms. The van der Waals surface area contributed by atoms with E-state index in [4.69, 9.17) is 0 Å². The first-order valence-corrected chi connectivity index (χ1v) is 12.9. The minimum absolute atomic E-state index is 0.0670. The third kappa shape index (κ3) is 4.61. The van der Waals surface area contributed by atoms with E-state index in [1.807, 2.05) is 24.3 Å². The van der Waals surface area contributed by atoms with Crippen LogP contribution in [0.25, 0.3) is 0 Å². The van der Waals surface area contributed by atoms with Crippen LogP contribution < -0.4 is 25.8 Å². The fourth-order valence-electron chi connectivity index (χ4n) is 5.96. The molecule has 3 N–H and O–H groups in total. The highest BCUT2D eigenvalue weighted by molar-refractivity contribution is 5.95. The normalized spacial score (nSPS) is 26.2. The molecule has 186 valence electrons. The molecule has 1 saturated carbocycles. The zero-order valence-electron chi connectivity index (χ0n) is 21.2. The first kappa shape index (κ1) is 23.7. The number of hydrogen-bond acceptors (Lipinski definition) is 5. The predicted molar refractivity (Wildman–Crippen MR) is 141 cm³/mol. The van der Waals surface area contributed by atoms with E-state index in [0.717, 1.165) is 31.0 Å². The summed E-state index contributed by atoms with van der Waals surface area (Å²) < 4.78 is 0. The van der Waals surface area contributed by atoms with Crippen molar-refractivity contribution in [1.29, 1.82) is 0 Å². The van der Waals surface area contributed by atoms with Crippen LogP contribution in [-0.2, 0) is 4.79 Å². The highest BCUT2D eigenvalue weighted by atomic mass is 16.2.